The number of nitrogens with zero attached hydrogens (tertiary/aromatic N) is 4. The van der Waals surface area contributed by atoms with Crippen LogP contribution in [0.1, 0.15) is 23.2 Å². The van der Waals surface area contributed by atoms with Gasteiger partial charge in [-0.05, 0) is 76.7 Å². The van der Waals surface area contributed by atoms with E-state index >= 15 is 0 Å². The van der Waals surface area contributed by atoms with Gasteiger partial charge in [0.2, 0.25) is 5.95 Å². The maximum absolute atomic E-state index is 6.26. The Bertz CT molecular complexity index is 2730. The SMILES string of the molecule is C1=C(c2ccc3ccccc3c2)CCc2c1n(-c1nc(-c3ccccc3)nc(-c3ccc4c(c3)oc3ccccc34)n1)c1ccccc21. The summed E-state index contributed by atoms with van der Waals surface area (Å²) in [5.74, 6) is 1.82. The molecule has 10 rings (SSSR count). The van der Waals surface area contributed by atoms with E-state index in [4.69, 9.17) is 19.4 Å². The van der Waals surface area contributed by atoms with Gasteiger partial charge in [0.25, 0.3) is 0 Å². The van der Waals surface area contributed by atoms with Crippen LogP contribution >= 0.6 is 0 Å². The average Bonchev–Trinajstić information content (AvgIpc) is 3.70. The Hall–Kier alpha value is -6.33. The third kappa shape index (κ3) is 4.28. The van der Waals surface area contributed by atoms with E-state index in [2.05, 4.69) is 95.6 Å². The van der Waals surface area contributed by atoms with Gasteiger partial charge in [0.1, 0.15) is 11.2 Å². The fourth-order valence-corrected chi connectivity index (χ4v) is 7.25. The van der Waals surface area contributed by atoms with Crippen molar-refractivity contribution >= 4 is 55.3 Å². The van der Waals surface area contributed by atoms with E-state index in [1.807, 2.05) is 54.6 Å². The minimum absolute atomic E-state index is 0.594. The number of aryl methyl sites for hydroxylation is 1. The minimum Gasteiger partial charge on any atom is -0.456 e. The first-order valence-corrected chi connectivity index (χ1v) is 16.3. The van der Waals surface area contributed by atoms with Crippen molar-refractivity contribution in [3.8, 4) is 28.7 Å². The molecule has 3 aromatic heterocycles. The van der Waals surface area contributed by atoms with Crippen molar-refractivity contribution in [1.29, 1.82) is 0 Å². The Labute approximate surface area is 276 Å². The summed E-state index contributed by atoms with van der Waals surface area (Å²) in [4.78, 5) is 15.4. The third-order valence-electron chi connectivity index (χ3n) is 9.59. The van der Waals surface area contributed by atoms with E-state index in [0.717, 1.165) is 57.1 Å². The summed E-state index contributed by atoms with van der Waals surface area (Å²) in [6.45, 7) is 0. The van der Waals surface area contributed by atoms with Crippen LogP contribution in [0.3, 0.4) is 0 Å². The molecule has 0 amide bonds. The lowest BCUT2D eigenvalue weighted by atomic mass is 9.90. The van der Waals surface area contributed by atoms with Crippen molar-refractivity contribution in [2.24, 2.45) is 0 Å². The van der Waals surface area contributed by atoms with Crippen LogP contribution in [0, 0.1) is 0 Å². The van der Waals surface area contributed by atoms with Gasteiger partial charge in [-0.15, -0.1) is 0 Å². The second-order valence-corrected chi connectivity index (χ2v) is 12.4. The van der Waals surface area contributed by atoms with Crippen LogP contribution in [-0.4, -0.2) is 19.5 Å². The molecule has 1 aliphatic carbocycles. The highest BCUT2D eigenvalue weighted by molar-refractivity contribution is 6.05. The summed E-state index contributed by atoms with van der Waals surface area (Å²) in [6, 6.07) is 48.4. The van der Waals surface area contributed by atoms with E-state index in [1.54, 1.807) is 0 Å². The number of furan rings is 1. The molecule has 1 aliphatic rings. The van der Waals surface area contributed by atoms with E-state index in [1.165, 1.54) is 32.9 Å². The molecule has 0 unspecified atom stereocenters. The first kappa shape index (κ1) is 26.8. The first-order valence-electron chi connectivity index (χ1n) is 16.3. The summed E-state index contributed by atoms with van der Waals surface area (Å²) in [5.41, 5.74) is 9.57. The quantitative estimate of drug-likeness (QED) is 0.197. The molecule has 0 N–H and O–H groups in total. The van der Waals surface area contributed by atoms with Gasteiger partial charge in [0, 0.05) is 27.3 Å². The molecule has 0 bridgehead atoms. The zero-order valence-corrected chi connectivity index (χ0v) is 26.0. The molecule has 0 aliphatic heterocycles. The van der Waals surface area contributed by atoms with Crippen molar-refractivity contribution in [3.63, 3.8) is 0 Å². The monoisotopic (exact) mass is 616 g/mol. The molecule has 3 heterocycles. The number of hydrogen-bond donors (Lipinski definition) is 0. The van der Waals surface area contributed by atoms with Gasteiger partial charge in [-0.2, -0.15) is 9.97 Å². The maximum atomic E-state index is 6.26. The second kappa shape index (κ2) is 10.6. The molecule has 0 fully saturated rings. The molecule has 9 aromatic rings. The molecule has 5 nitrogen and oxygen atoms in total. The van der Waals surface area contributed by atoms with Crippen molar-refractivity contribution in [2.75, 3.05) is 0 Å². The van der Waals surface area contributed by atoms with Crippen LogP contribution in [0.5, 0.6) is 0 Å². The predicted molar refractivity (Wildman–Crippen MR) is 195 cm³/mol. The molecule has 5 heteroatoms. The van der Waals surface area contributed by atoms with Gasteiger partial charge in [-0.25, -0.2) is 4.98 Å². The number of aromatic nitrogens is 4. The number of allylic oxidation sites excluding steroid dienone is 1. The molecule has 0 saturated heterocycles. The van der Waals surface area contributed by atoms with Crippen molar-refractivity contribution in [2.45, 2.75) is 12.8 Å². The average molecular weight is 617 g/mol. The summed E-state index contributed by atoms with van der Waals surface area (Å²) >= 11 is 0. The van der Waals surface area contributed by atoms with Crippen molar-refractivity contribution < 1.29 is 4.42 Å². The van der Waals surface area contributed by atoms with Gasteiger partial charge in [-0.1, -0.05) is 109 Å². The maximum Gasteiger partial charge on any atom is 0.238 e. The molecule has 226 valence electrons. The Kier molecular flexibility index (Phi) is 5.93. The highest BCUT2D eigenvalue weighted by Crippen LogP contribution is 2.39. The van der Waals surface area contributed by atoms with Gasteiger partial charge in [0.15, 0.2) is 11.6 Å². The zero-order valence-electron chi connectivity index (χ0n) is 26.0. The van der Waals surface area contributed by atoms with Crippen LogP contribution in [0.4, 0.5) is 0 Å². The van der Waals surface area contributed by atoms with Gasteiger partial charge < -0.3 is 4.42 Å². The summed E-state index contributed by atoms with van der Waals surface area (Å²) in [7, 11) is 0. The summed E-state index contributed by atoms with van der Waals surface area (Å²) < 4.78 is 8.48. The fraction of sp³-hybridized carbons (Fsp3) is 0.0465. The summed E-state index contributed by atoms with van der Waals surface area (Å²) in [5, 5.41) is 5.90. The Balaban J connectivity index is 1.20. The molecule has 0 atom stereocenters. The topological polar surface area (TPSA) is 56.7 Å². The number of rotatable bonds is 4. The zero-order chi connectivity index (χ0) is 31.6. The van der Waals surface area contributed by atoms with Crippen molar-refractivity contribution in [3.05, 3.63) is 156 Å². The Morgan fingerprint density at radius 3 is 2.10 bits per heavy atom. The lowest BCUT2D eigenvalue weighted by Gasteiger charge is -2.17. The van der Waals surface area contributed by atoms with Gasteiger partial charge in [-0.3, -0.25) is 4.57 Å². The molecule has 0 saturated carbocycles. The second-order valence-electron chi connectivity index (χ2n) is 12.4. The highest BCUT2D eigenvalue weighted by atomic mass is 16.3. The van der Waals surface area contributed by atoms with E-state index in [0.29, 0.717) is 17.6 Å². The first-order chi connectivity index (χ1) is 23.8. The number of para-hydroxylation sites is 2. The van der Waals surface area contributed by atoms with Crippen LogP contribution < -0.4 is 0 Å². The van der Waals surface area contributed by atoms with E-state index < -0.39 is 0 Å². The lowest BCUT2D eigenvalue weighted by molar-refractivity contribution is 0.669. The number of fused-ring (bicyclic) bond motifs is 7. The molecule has 0 radical (unpaired) electrons. The normalized spacial score (nSPS) is 13.0. The lowest BCUT2D eigenvalue weighted by Crippen LogP contribution is -2.09. The highest BCUT2D eigenvalue weighted by Gasteiger charge is 2.24. The van der Waals surface area contributed by atoms with Gasteiger partial charge in [0.05, 0.1) is 11.2 Å². The molecule has 48 heavy (non-hydrogen) atoms. The third-order valence-corrected chi connectivity index (χ3v) is 9.59. The number of benzene rings is 6. The number of hydrogen-bond acceptors (Lipinski definition) is 4. The molecular weight excluding hydrogens is 589 g/mol. The largest absolute Gasteiger partial charge is 0.456 e. The van der Waals surface area contributed by atoms with Crippen LogP contribution in [0.25, 0.3) is 84.0 Å². The smallest absolute Gasteiger partial charge is 0.238 e. The Morgan fingerprint density at radius 2 is 1.21 bits per heavy atom. The van der Waals surface area contributed by atoms with Crippen LogP contribution in [-0.2, 0) is 6.42 Å². The van der Waals surface area contributed by atoms with Crippen LogP contribution in [0.2, 0.25) is 0 Å². The standard InChI is InChI=1S/C43H28N4O/c1-2-11-28(12-3-1)41-44-42(32-21-23-36-35-15-7-9-17-39(35)48-40(36)26-32)46-43(45-41)47-37-16-8-6-14-33(37)34-22-20-31(25-38(34)47)30-19-18-27-10-4-5-13-29(27)24-30/h1-19,21,23-26H,20,22H2. The fourth-order valence-electron chi connectivity index (χ4n) is 7.25. The van der Waals surface area contributed by atoms with E-state index in [-0.39, 0.29) is 0 Å². The van der Waals surface area contributed by atoms with E-state index in [9.17, 15) is 0 Å². The van der Waals surface area contributed by atoms with Gasteiger partial charge >= 0.3 is 0 Å². The minimum atomic E-state index is 0.594. The predicted octanol–water partition coefficient (Wildman–Crippen LogP) is 10.7. The molecular formula is C43H28N4O. The molecule has 6 aromatic carbocycles. The van der Waals surface area contributed by atoms with Crippen LogP contribution in [0.15, 0.2) is 144 Å². The van der Waals surface area contributed by atoms with Crippen molar-refractivity contribution in [1.82, 2.24) is 19.5 Å². The Morgan fingerprint density at radius 1 is 0.500 bits per heavy atom. The molecule has 0 spiro atoms. The summed E-state index contributed by atoms with van der Waals surface area (Å²) in [6.07, 6.45) is 4.25.